The molecule has 0 spiro atoms. The molecule has 1 fully saturated rings. The van der Waals surface area contributed by atoms with Crippen molar-refractivity contribution in [2.24, 2.45) is 0 Å². The highest BCUT2D eigenvalue weighted by Crippen LogP contribution is 2.32. The Labute approximate surface area is 164 Å². The fourth-order valence-electron chi connectivity index (χ4n) is 3.76. The molecule has 2 amide bonds. The van der Waals surface area contributed by atoms with Crippen molar-refractivity contribution < 1.29 is 9.59 Å². The van der Waals surface area contributed by atoms with Gasteiger partial charge in [0, 0.05) is 25.1 Å². The van der Waals surface area contributed by atoms with Gasteiger partial charge in [0.15, 0.2) is 0 Å². The molecule has 2 N–H and O–H groups in total. The van der Waals surface area contributed by atoms with Gasteiger partial charge in [-0.2, -0.15) is 0 Å². The van der Waals surface area contributed by atoms with E-state index in [0.717, 1.165) is 36.2 Å². The van der Waals surface area contributed by atoms with Gasteiger partial charge in [-0.25, -0.2) is 4.98 Å². The van der Waals surface area contributed by atoms with Crippen LogP contribution in [0.15, 0.2) is 54.6 Å². The summed E-state index contributed by atoms with van der Waals surface area (Å²) in [5.41, 5.74) is 2.57. The first-order valence-electron chi connectivity index (χ1n) is 9.80. The van der Waals surface area contributed by atoms with Crippen molar-refractivity contribution in [3.05, 3.63) is 66.0 Å². The second-order valence-electron chi connectivity index (χ2n) is 7.11. The number of hydrogen-bond donors (Lipinski definition) is 2. The van der Waals surface area contributed by atoms with E-state index in [9.17, 15) is 9.59 Å². The number of rotatable bonds is 6. The molecular weight excluding hydrogens is 352 g/mol. The zero-order chi connectivity index (χ0) is 19.3. The Morgan fingerprint density at radius 3 is 2.71 bits per heavy atom. The highest BCUT2D eigenvalue weighted by atomic mass is 16.2. The van der Waals surface area contributed by atoms with Gasteiger partial charge in [0.25, 0.3) is 5.91 Å². The van der Waals surface area contributed by atoms with Gasteiger partial charge in [0.1, 0.15) is 5.82 Å². The third kappa shape index (κ3) is 3.91. The summed E-state index contributed by atoms with van der Waals surface area (Å²) in [5.74, 6) is 0.885. The molecule has 28 heavy (non-hydrogen) atoms. The summed E-state index contributed by atoms with van der Waals surface area (Å²) >= 11 is 0. The number of nitrogens with zero attached hydrogens (tertiary/aromatic N) is 2. The number of carbonyl (C=O) groups excluding carboxylic acids is 2. The van der Waals surface area contributed by atoms with Gasteiger partial charge in [0.2, 0.25) is 5.91 Å². The highest BCUT2D eigenvalue weighted by Gasteiger charge is 2.31. The van der Waals surface area contributed by atoms with E-state index >= 15 is 0 Å². The van der Waals surface area contributed by atoms with Crippen LogP contribution in [0.5, 0.6) is 0 Å². The van der Waals surface area contributed by atoms with Crippen LogP contribution >= 0.6 is 0 Å². The van der Waals surface area contributed by atoms with E-state index in [1.165, 1.54) is 0 Å². The number of fused-ring (bicyclic) bond motifs is 1. The molecule has 4 rings (SSSR count). The maximum Gasteiger partial charge on any atom is 0.251 e. The molecule has 1 aliphatic heterocycles. The first-order valence-corrected chi connectivity index (χ1v) is 9.80. The second kappa shape index (κ2) is 8.25. The van der Waals surface area contributed by atoms with Crippen molar-refractivity contribution in [2.75, 3.05) is 13.1 Å². The van der Waals surface area contributed by atoms with Crippen molar-refractivity contribution in [2.45, 2.75) is 31.7 Å². The fourth-order valence-corrected chi connectivity index (χ4v) is 3.76. The lowest BCUT2D eigenvalue weighted by Crippen LogP contribution is -2.32. The Kier molecular flexibility index (Phi) is 5.37. The van der Waals surface area contributed by atoms with Crippen LogP contribution in [0.1, 0.15) is 47.9 Å². The summed E-state index contributed by atoms with van der Waals surface area (Å²) in [5, 5.41) is 2.88. The summed E-state index contributed by atoms with van der Waals surface area (Å²) in [7, 11) is 0. The first kappa shape index (κ1) is 18.2. The summed E-state index contributed by atoms with van der Waals surface area (Å²) in [6.45, 7) is 1.25. The van der Waals surface area contributed by atoms with Crippen LogP contribution in [0, 0.1) is 0 Å². The summed E-state index contributed by atoms with van der Waals surface area (Å²) in [6.07, 6.45) is 2.96. The molecule has 2 heterocycles. The first-order chi connectivity index (χ1) is 13.7. The molecule has 2 aromatic carbocycles. The van der Waals surface area contributed by atoms with Crippen molar-refractivity contribution >= 4 is 22.8 Å². The summed E-state index contributed by atoms with van der Waals surface area (Å²) < 4.78 is 0. The summed E-state index contributed by atoms with van der Waals surface area (Å²) in [4.78, 5) is 34.7. The van der Waals surface area contributed by atoms with E-state index in [1.54, 1.807) is 12.1 Å². The minimum atomic E-state index is -0.102. The van der Waals surface area contributed by atoms with Gasteiger partial charge < -0.3 is 15.2 Å². The number of hydrogen-bond acceptors (Lipinski definition) is 3. The molecule has 1 aliphatic rings. The van der Waals surface area contributed by atoms with Gasteiger partial charge in [-0.05, 0) is 43.5 Å². The zero-order valence-corrected chi connectivity index (χ0v) is 15.7. The van der Waals surface area contributed by atoms with E-state index in [0.29, 0.717) is 24.9 Å². The maximum absolute atomic E-state index is 12.7. The predicted molar refractivity (Wildman–Crippen MR) is 108 cm³/mol. The third-order valence-corrected chi connectivity index (χ3v) is 5.19. The molecule has 1 aromatic heterocycles. The second-order valence-corrected chi connectivity index (χ2v) is 7.11. The van der Waals surface area contributed by atoms with Crippen LogP contribution in [0.3, 0.4) is 0 Å². The average Bonchev–Trinajstić information content (AvgIpc) is 3.38. The minimum Gasteiger partial charge on any atom is -0.352 e. The SMILES string of the molecule is O=C(NCCCC(=O)N1CCCC1c1nc2ccccc2[nH]1)c1ccccc1. The molecule has 3 aromatic rings. The van der Waals surface area contributed by atoms with Gasteiger partial charge in [0.05, 0.1) is 17.1 Å². The Hall–Kier alpha value is -3.15. The molecular formula is C22H24N4O2. The lowest BCUT2D eigenvalue weighted by molar-refractivity contribution is -0.132. The normalized spacial score (nSPS) is 16.4. The Balaban J connectivity index is 1.30. The number of H-pyrrole nitrogens is 1. The molecule has 1 unspecified atom stereocenters. The number of aromatic nitrogens is 2. The molecule has 0 aliphatic carbocycles. The summed E-state index contributed by atoms with van der Waals surface area (Å²) in [6, 6.07) is 17.1. The lowest BCUT2D eigenvalue weighted by atomic mass is 10.2. The quantitative estimate of drug-likeness (QED) is 0.647. The van der Waals surface area contributed by atoms with Crippen LogP contribution in [0.2, 0.25) is 0 Å². The molecule has 0 radical (unpaired) electrons. The molecule has 1 saturated heterocycles. The third-order valence-electron chi connectivity index (χ3n) is 5.19. The van der Waals surface area contributed by atoms with Crippen LogP contribution in [0.4, 0.5) is 0 Å². The van der Waals surface area contributed by atoms with E-state index < -0.39 is 0 Å². The fraction of sp³-hybridized carbons (Fsp3) is 0.318. The van der Waals surface area contributed by atoms with Crippen LogP contribution < -0.4 is 5.32 Å². The number of likely N-dealkylation sites (tertiary alicyclic amines) is 1. The van der Waals surface area contributed by atoms with Gasteiger partial charge in [-0.15, -0.1) is 0 Å². The molecule has 144 valence electrons. The van der Waals surface area contributed by atoms with Crippen LogP contribution in [0.25, 0.3) is 11.0 Å². The number of aromatic amines is 1. The van der Waals surface area contributed by atoms with Gasteiger partial charge in [-0.1, -0.05) is 30.3 Å². The topological polar surface area (TPSA) is 78.1 Å². The van der Waals surface area contributed by atoms with E-state index in [4.69, 9.17) is 0 Å². The molecule has 0 bridgehead atoms. The molecule has 6 heteroatoms. The smallest absolute Gasteiger partial charge is 0.251 e. The predicted octanol–water partition coefficient (Wildman–Crippen LogP) is 3.44. The largest absolute Gasteiger partial charge is 0.352 e. The van der Waals surface area contributed by atoms with Crippen LogP contribution in [-0.2, 0) is 4.79 Å². The highest BCUT2D eigenvalue weighted by molar-refractivity contribution is 5.94. The number of carbonyl (C=O) groups is 2. The van der Waals surface area contributed by atoms with Crippen molar-refractivity contribution in [3.8, 4) is 0 Å². The Bertz CT molecular complexity index is 934. The molecule has 0 saturated carbocycles. The van der Waals surface area contributed by atoms with E-state index in [2.05, 4.69) is 15.3 Å². The lowest BCUT2D eigenvalue weighted by Gasteiger charge is -2.23. The average molecular weight is 376 g/mol. The number of para-hydroxylation sites is 2. The number of amides is 2. The number of nitrogens with one attached hydrogen (secondary N) is 2. The Morgan fingerprint density at radius 1 is 1.11 bits per heavy atom. The van der Waals surface area contributed by atoms with Crippen molar-refractivity contribution in [3.63, 3.8) is 0 Å². The van der Waals surface area contributed by atoms with Gasteiger partial charge >= 0.3 is 0 Å². The van der Waals surface area contributed by atoms with Gasteiger partial charge in [-0.3, -0.25) is 9.59 Å². The minimum absolute atomic E-state index is 0.0128. The zero-order valence-electron chi connectivity index (χ0n) is 15.7. The van der Waals surface area contributed by atoms with Crippen LogP contribution in [-0.4, -0.2) is 39.8 Å². The molecule has 6 nitrogen and oxygen atoms in total. The molecule has 1 atom stereocenters. The van der Waals surface area contributed by atoms with Crippen molar-refractivity contribution in [1.82, 2.24) is 20.2 Å². The standard InChI is InChI=1S/C22H24N4O2/c27-20(13-6-14-23-22(28)16-8-2-1-3-9-16)26-15-7-12-19(26)21-24-17-10-4-5-11-18(17)25-21/h1-5,8-11,19H,6-7,12-15H2,(H,23,28)(H,24,25). The van der Waals surface area contributed by atoms with Crippen molar-refractivity contribution in [1.29, 1.82) is 0 Å². The number of imidazole rings is 1. The van der Waals surface area contributed by atoms with E-state index in [1.807, 2.05) is 47.4 Å². The Morgan fingerprint density at radius 2 is 1.89 bits per heavy atom. The van der Waals surface area contributed by atoms with E-state index in [-0.39, 0.29) is 17.9 Å². The maximum atomic E-state index is 12.7. The number of benzene rings is 2. The monoisotopic (exact) mass is 376 g/mol.